The van der Waals surface area contributed by atoms with E-state index in [0.29, 0.717) is 13.0 Å². The topological polar surface area (TPSA) is 32.7 Å². The van der Waals surface area contributed by atoms with Gasteiger partial charge < -0.3 is 14.7 Å². The molecule has 0 aliphatic heterocycles. The molecule has 4 heteroatoms. The standard InChI is InChI=1S/C12H18FNO2/c1-14(2)8-10(15)6-9-4-5-12(16-3)11(13)7-9/h4-5,7,10,15H,6,8H2,1-3H3. The Kier molecular flexibility index (Phi) is 4.71. The van der Waals surface area contributed by atoms with Crippen molar-refractivity contribution in [3.63, 3.8) is 0 Å². The number of rotatable bonds is 5. The molecular formula is C12H18FNO2. The van der Waals surface area contributed by atoms with E-state index in [0.717, 1.165) is 5.56 Å². The molecule has 0 radical (unpaired) electrons. The van der Waals surface area contributed by atoms with E-state index in [1.807, 2.05) is 19.0 Å². The second-order valence-electron chi connectivity index (χ2n) is 4.09. The molecule has 1 aromatic carbocycles. The number of halogens is 1. The van der Waals surface area contributed by atoms with E-state index in [4.69, 9.17) is 4.74 Å². The van der Waals surface area contributed by atoms with Gasteiger partial charge in [-0.25, -0.2) is 4.39 Å². The highest BCUT2D eigenvalue weighted by Gasteiger charge is 2.09. The van der Waals surface area contributed by atoms with Gasteiger partial charge in [-0.1, -0.05) is 6.07 Å². The number of methoxy groups -OCH3 is 1. The summed E-state index contributed by atoms with van der Waals surface area (Å²) in [4.78, 5) is 1.89. The molecule has 1 aromatic rings. The van der Waals surface area contributed by atoms with Gasteiger partial charge in [-0.2, -0.15) is 0 Å². The van der Waals surface area contributed by atoms with Crippen molar-refractivity contribution in [2.24, 2.45) is 0 Å². The fraction of sp³-hybridized carbons (Fsp3) is 0.500. The van der Waals surface area contributed by atoms with E-state index >= 15 is 0 Å². The van der Waals surface area contributed by atoms with E-state index in [9.17, 15) is 9.50 Å². The largest absolute Gasteiger partial charge is 0.494 e. The van der Waals surface area contributed by atoms with Crippen molar-refractivity contribution in [2.75, 3.05) is 27.7 Å². The van der Waals surface area contributed by atoms with Crippen LogP contribution in [0.1, 0.15) is 5.56 Å². The number of aliphatic hydroxyl groups is 1. The summed E-state index contributed by atoms with van der Waals surface area (Å²) < 4.78 is 18.2. The first-order valence-electron chi connectivity index (χ1n) is 5.18. The molecule has 1 unspecified atom stereocenters. The predicted molar refractivity (Wildman–Crippen MR) is 61.2 cm³/mol. The second-order valence-corrected chi connectivity index (χ2v) is 4.09. The lowest BCUT2D eigenvalue weighted by molar-refractivity contribution is 0.137. The minimum Gasteiger partial charge on any atom is -0.494 e. The highest BCUT2D eigenvalue weighted by Crippen LogP contribution is 2.18. The van der Waals surface area contributed by atoms with Crippen molar-refractivity contribution >= 4 is 0 Å². The number of nitrogens with zero attached hydrogens (tertiary/aromatic N) is 1. The molecule has 1 atom stereocenters. The minimum atomic E-state index is -0.484. The molecule has 0 spiro atoms. The Hall–Kier alpha value is -1.13. The van der Waals surface area contributed by atoms with Gasteiger partial charge in [-0.05, 0) is 38.2 Å². The number of likely N-dealkylation sites (N-methyl/N-ethyl adjacent to an activating group) is 1. The van der Waals surface area contributed by atoms with Crippen LogP contribution in [-0.4, -0.2) is 43.9 Å². The van der Waals surface area contributed by atoms with Gasteiger partial charge in [-0.3, -0.25) is 0 Å². The molecule has 0 fully saturated rings. The Morgan fingerprint density at radius 2 is 2.12 bits per heavy atom. The monoisotopic (exact) mass is 227 g/mol. The van der Waals surface area contributed by atoms with Crippen LogP contribution >= 0.6 is 0 Å². The summed E-state index contributed by atoms with van der Waals surface area (Å²) in [5.74, 6) is -0.164. The number of aliphatic hydroxyl groups excluding tert-OH is 1. The first kappa shape index (κ1) is 12.9. The van der Waals surface area contributed by atoms with Gasteiger partial charge >= 0.3 is 0 Å². The lowest BCUT2D eigenvalue weighted by atomic mass is 10.1. The van der Waals surface area contributed by atoms with Gasteiger partial charge in [0.1, 0.15) is 0 Å². The lowest BCUT2D eigenvalue weighted by Gasteiger charge is -2.16. The molecule has 90 valence electrons. The van der Waals surface area contributed by atoms with Crippen molar-refractivity contribution in [3.05, 3.63) is 29.6 Å². The van der Waals surface area contributed by atoms with Crippen LogP contribution in [0.2, 0.25) is 0 Å². The van der Waals surface area contributed by atoms with Gasteiger partial charge in [0.05, 0.1) is 13.2 Å². The first-order chi connectivity index (χ1) is 7.52. The maximum Gasteiger partial charge on any atom is 0.165 e. The molecule has 1 N–H and O–H groups in total. The molecule has 0 aliphatic carbocycles. The highest BCUT2D eigenvalue weighted by molar-refractivity contribution is 5.29. The number of benzene rings is 1. The molecular weight excluding hydrogens is 209 g/mol. The van der Waals surface area contributed by atoms with E-state index < -0.39 is 11.9 Å². The molecule has 0 amide bonds. The third kappa shape index (κ3) is 3.79. The maximum atomic E-state index is 13.3. The maximum absolute atomic E-state index is 13.3. The van der Waals surface area contributed by atoms with Crippen LogP contribution in [0.3, 0.4) is 0 Å². The van der Waals surface area contributed by atoms with Gasteiger partial charge in [-0.15, -0.1) is 0 Å². The van der Waals surface area contributed by atoms with Crippen LogP contribution in [0, 0.1) is 5.82 Å². The molecule has 0 heterocycles. The third-order valence-corrected chi connectivity index (χ3v) is 2.26. The summed E-state index contributed by atoms with van der Waals surface area (Å²) in [6.45, 7) is 0.563. The zero-order valence-corrected chi connectivity index (χ0v) is 9.90. The molecule has 0 saturated heterocycles. The molecule has 0 aromatic heterocycles. The third-order valence-electron chi connectivity index (χ3n) is 2.26. The Bertz CT molecular complexity index is 342. The van der Waals surface area contributed by atoms with Crippen LogP contribution in [0.15, 0.2) is 18.2 Å². The zero-order chi connectivity index (χ0) is 12.1. The van der Waals surface area contributed by atoms with Gasteiger partial charge in [0.15, 0.2) is 11.6 Å². The van der Waals surface area contributed by atoms with Crippen molar-refractivity contribution in [2.45, 2.75) is 12.5 Å². The van der Waals surface area contributed by atoms with Crippen LogP contribution in [0.4, 0.5) is 4.39 Å². The molecule has 0 bridgehead atoms. The van der Waals surface area contributed by atoms with E-state index in [2.05, 4.69) is 0 Å². The second kappa shape index (κ2) is 5.82. The van der Waals surface area contributed by atoms with Crippen LogP contribution in [0.5, 0.6) is 5.75 Å². The van der Waals surface area contributed by atoms with Crippen molar-refractivity contribution in [1.82, 2.24) is 4.90 Å². The Morgan fingerprint density at radius 1 is 1.44 bits per heavy atom. The van der Waals surface area contributed by atoms with Crippen LogP contribution in [-0.2, 0) is 6.42 Å². The summed E-state index contributed by atoms with van der Waals surface area (Å²) in [6, 6.07) is 4.74. The summed E-state index contributed by atoms with van der Waals surface area (Å²) in [6.07, 6.45) is -0.0400. The van der Waals surface area contributed by atoms with E-state index in [1.54, 1.807) is 12.1 Å². The fourth-order valence-corrected chi connectivity index (χ4v) is 1.59. The minimum absolute atomic E-state index is 0.228. The Balaban J connectivity index is 2.64. The molecule has 1 rings (SSSR count). The SMILES string of the molecule is COc1ccc(CC(O)CN(C)C)cc1F. The van der Waals surface area contributed by atoms with E-state index in [1.165, 1.54) is 13.2 Å². The van der Waals surface area contributed by atoms with Gasteiger partial charge in [0.25, 0.3) is 0 Å². The average Bonchev–Trinajstić information content (AvgIpc) is 2.16. The van der Waals surface area contributed by atoms with Gasteiger partial charge in [0.2, 0.25) is 0 Å². The average molecular weight is 227 g/mol. The lowest BCUT2D eigenvalue weighted by Crippen LogP contribution is -2.27. The fourth-order valence-electron chi connectivity index (χ4n) is 1.59. The molecule has 16 heavy (non-hydrogen) atoms. The molecule has 3 nitrogen and oxygen atoms in total. The number of hydrogen-bond acceptors (Lipinski definition) is 3. The van der Waals surface area contributed by atoms with E-state index in [-0.39, 0.29) is 5.75 Å². The highest BCUT2D eigenvalue weighted by atomic mass is 19.1. The summed E-state index contributed by atoms with van der Waals surface area (Å²) in [7, 11) is 5.20. The summed E-state index contributed by atoms with van der Waals surface area (Å²) in [5, 5.41) is 9.70. The number of ether oxygens (including phenoxy) is 1. The number of hydrogen-bond donors (Lipinski definition) is 1. The van der Waals surface area contributed by atoms with Crippen LogP contribution in [0.25, 0.3) is 0 Å². The van der Waals surface area contributed by atoms with Crippen LogP contribution < -0.4 is 4.74 Å². The molecule has 0 saturated carbocycles. The van der Waals surface area contributed by atoms with Crippen molar-refractivity contribution < 1.29 is 14.2 Å². The smallest absolute Gasteiger partial charge is 0.165 e. The zero-order valence-electron chi connectivity index (χ0n) is 9.90. The van der Waals surface area contributed by atoms with Crippen molar-refractivity contribution in [1.29, 1.82) is 0 Å². The predicted octanol–water partition coefficient (Wildman–Crippen LogP) is 1.30. The normalized spacial score (nSPS) is 12.9. The molecule has 0 aliphatic rings. The summed E-state index contributed by atoms with van der Waals surface area (Å²) >= 11 is 0. The Morgan fingerprint density at radius 3 is 2.62 bits per heavy atom. The Labute approximate surface area is 95.5 Å². The van der Waals surface area contributed by atoms with Crippen molar-refractivity contribution in [3.8, 4) is 5.75 Å². The summed E-state index contributed by atoms with van der Waals surface area (Å²) in [5.41, 5.74) is 0.771. The quantitative estimate of drug-likeness (QED) is 0.823. The first-order valence-corrected chi connectivity index (χ1v) is 5.18. The van der Waals surface area contributed by atoms with Gasteiger partial charge in [0, 0.05) is 6.54 Å².